The van der Waals surface area contributed by atoms with Gasteiger partial charge in [-0.3, -0.25) is 9.59 Å². The minimum Gasteiger partial charge on any atom is -0.396 e. The molecule has 18 heavy (non-hydrogen) atoms. The van der Waals surface area contributed by atoms with Crippen LogP contribution >= 0.6 is 0 Å². The summed E-state index contributed by atoms with van der Waals surface area (Å²) in [5.74, 6) is -0.282. The van der Waals surface area contributed by atoms with Crippen molar-refractivity contribution in [1.82, 2.24) is 10.6 Å². The summed E-state index contributed by atoms with van der Waals surface area (Å²) in [6.45, 7) is 6.30. The van der Waals surface area contributed by atoms with E-state index in [0.29, 0.717) is 6.54 Å². The SMILES string of the molecule is CC(C)(C)C(=O)NCC(=O)NCCCCCCO. The molecule has 5 nitrogen and oxygen atoms in total. The van der Waals surface area contributed by atoms with Gasteiger partial charge in [0, 0.05) is 18.6 Å². The van der Waals surface area contributed by atoms with Gasteiger partial charge in [-0.1, -0.05) is 33.6 Å². The van der Waals surface area contributed by atoms with E-state index in [9.17, 15) is 9.59 Å². The molecule has 0 radical (unpaired) electrons. The Bertz CT molecular complexity index is 259. The van der Waals surface area contributed by atoms with E-state index in [1.165, 1.54) is 0 Å². The van der Waals surface area contributed by atoms with Gasteiger partial charge in [0.1, 0.15) is 0 Å². The molecule has 0 saturated heterocycles. The normalized spacial score (nSPS) is 11.1. The molecule has 5 heteroatoms. The molecule has 106 valence electrons. The fraction of sp³-hybridized carbons (Fsp3) is 0.846. The summed E-state index contributed by atoms with van der Waals surface area (Å²) < 4.78 is 0. The third kappa shape index (κ3) is 8.98. The summed E-state index contributed by atoms with van der Waals surface area (Å²) in [5.41, 5.74) is -0.468. The van der Waals surface area contributed by atoms with Gasteiger partial charge in [0.15, 0.2) is 0 Å². The summed E-state index contributed by atoms with van der Waals surface area (Å²) in [7, 11) is 0. The average molecular weight is 258 g/mol. The number of hydrogen-bond acceptors (Lipinski definition) is 3. The highest BCUT2D eigenvalue weighted by atomic mass is 16.3. The second-order valence-electron chi connectivity index (χ2n) is 5.42. The van der Waals surface area contributed by atoms with Gasteiger partial charge in [-0.25, -0.2) is 0 Å². The van der Waals surface area contributed by atoms with Crippen LogP contribution in [0.15, 0.2) is 0 Å². The Balaban J connectivity index is 3.52. The Morgan fingerprint density at radius 1 is 1.00 bits per heavy atom. The molecule has 0 unspecified atom stereocenters. The zero-order valence-electron chi connectivity index (χ0n) is 11.7. The first-order valence-electron chi connectivity index (χ1n) is 6.54. The number of nitrogens with one attached hydrogen (secondary N) is 2. The topological polar surface area (TPSA) is 78.4 Å². The van der Waals surface area contributed by atoms with Gasteiger partial charge >= 0.3 is 0 Å². The molecular formula is C13H26N2O3. The standard InChI is InChI=1S/C13H26N2O3/c1-13(2,3)12(18)15-10-11(17)14-8-6-4-5-7-9-16/h16H,4-10H2,1-3H3,(H,14,17)(H,15,18). The number of hydrogen-bond donors (Lipinski definition) is 3. The molecule has 3 N–H and O–H groups in total. The van der Waals surface area contributed by atoms with Gasteiger partial charge in [-0.15, -0.1) is 0 Å². The van der Waals surface area contributed by atoms with Crippen molar-refractivity contribution in [2.75, 3.05) is 19.7 Å². The maximum absolute atomic E-state index is 11.5. The number of carbonyl (C=O) groups excluding carboxylic acids is 2. The number of aliphatic hydroxyl groups excluding tert-OH is 1. The van der Waals surface area contributed by atoms with Crippen LogP contribution in [0.25, 0.3) is 0 Å². The molecule has 0 aliphatic carbocycles. The second kappa shape index (κ2) is 8.91. The van der Waals surface area contributed by atoms with Crippen molar-refractivity contribution in [3.05, 3.63) is 0 Å². The number of rotatable bonds is 8. The highest BCUT2D eigenvalue weighted by Crippen LogP contribution is 2.11. The maximum atomic E-state index is 11.5. The van der Waals surface area contributed by atoms with Gasteiger partial charge < -0.3 is 15.7 Å². The third-order valence-electron chi connectivity index (χ3n) is 2.50. The molecule has 0 aromatic carbocycles. The Morgan fingerprint density at radius 3 is 2.17 bits per heavy atom. The third-order valence-corrected chi connectivity index (χ3v) is 2.50. The van der Waals surface area contributed by atoms with Crippen LogP contribution in [-0.2, 0) is 9.59 Å². The predicted octanol–water partition coefficient (Wildman–Crippen LogP) is 0.818. The summed E-state index contributed by atoms with van der Waals surface area (Å²) in [6, 6.07) is 0. The van der Waals surface area contributed by atoms with Crippen LogP contribution in [-0.4, -0.2) is 36.6 Å². The molecule has 0 rings (SSSR count). The smallest absolute Gasteiger partial charge is 0.239 e. The molecule has 0 atom stereocenters. The lowest BCUT2D eigenvalue weighted by Gasteiger charge is -2.17. The Labute approximate surface area is 109 Å². The van der Waals surface area contributed by atoms with Crippen molar-refractivity contribution >= 4 is 11.8 Å². The Hall–Kier alpha value is -1.10. The largest absolute Gasteiger partial charge is 0.396 e. The van der Waals surface area contributed by atoms with E-state index in [4.69, 9.17) is 5.11 Å². The van der Waals surface area contributed by atoms with E-state index in [0.717, 1.165) is 25.7 Å². The first-order valence-corrected chi connectivity index (χ1v) is 6.54. The zero-order chi connectivity index (χ0) is 14.0. The number of unbranched alkanes of at least 4 members (excludes halogenated alkanes) is 3. The fourth-order valence-electron chi connectivity index (χ4n) is 1.31. The second-order valence-corrected chi connectivity index (χ2v) is 5.42. The minimum atomic E-state index is -0.468. The Kier molecular flexibility index (Phi) is 8.37. The lowest BCUT2D eigenvalue weighted by atomic mass is 9.96. The van der Waals surface area contributed by atoms with Gasteiger partial charge in [0.2, 0.25) is 11.8 Å². The summed E-state index contributed by atoms with van der Waals surface area (Å²) in [6.07, 6.45) is 3.69. The quantitative estimate of drug-likeness (QED) is 0.564. The number of aliphatic hydroxyl groups is 1. The van der Waals surface area contributed by atoms with Crippen molar-refractivity contribution in [2.24, 2.45) is 5.41 Å². The highest BCUT2D eigenvalue weighted by Gasteiger charge is 2.21. The van der Waals surface area contributed by atoms with E-state index < -0.39 is 5.41 Å². The van der Waals surface area contributed by atoms with E-state index in [1.807, 2.05) is 0 Å². The molecule has 0 aliphatic rings. The Morgan fingerprint density at radius 2 is 1.61 bits per heavy atom. The molecule has 0 aromatic heterocycles. The van der Waals surface area contributed by atoms with Gasteiger partial charge in [0.25, 0.3) is 0 Å². The van der Waals surface area contributed by atoms with E-state index in [1.54, 1.807) is 20.8 Å². The van der Waals surface area contributed by atoms with Crippen molar-refractivity contribution in [2.45, 2.75) is 46.5 Å². The van der Waals surface area contributed by atoms with Crippen LogP contribution in [0.1, 0.15) is 46.5 Å². The summed E-state index contributed by atoms with van der Waals surface area (Å²) in [5, 5.41) is 13.9. The van der Waals surface area contributed by atoms with Crippen LogP contribution in [0.5, 0.6) is 0 Å². The summed E-state index contributed by atoms with van der Waals surface area (Å²) >= 11 is 0. The van der Waals surface area contributed by atoms with Crippen molar-refractivity contribution in [1.29, 1.82) is 0 Å². The van der Waals surface area contributed by atoms with Crippen LogP contribution in [0.4, 0.5) is 0 Å². The van der Waals surface area contributed by atoms with Crippen LogP contribution in [0.3, 0.4) is 0 Å². The predicted molar refractivity (Wildman–Crippen MR) is 71.0 cm³/mol. The number of carbonyl (C=O) groups is 2. The van der Waals surface area contributed by atoms with Crippen molar-refractivity contribution in [3.63, 3.8) is 0 Å². The molecule has 0 aliphatic heterocycles. The molecule has 0 fully saturated rings. The molecular weight excluding hydrogens is 232 g/mol. The molecule has 2 amide bonds. The molecule has 0 bridgehead atoms. The first kappa shape index (κ1) is 16.9. The van der Waals surface area contributed by atoms with Crippen molar-refractivity contribution in [3.8, 4) is 0 Å². The maximum Gasteiger partial charge on any atom is 0.239 e. The minimum absolute atomic E-state index is 0.0345. The van der Waals surface area contributed by atoms with E-state index in [-0.39, 0.29) is 25.0 Å². The number of amides is 2. The molecule has 0 saturated carbocycles. The van der Waals surface area contributed by atoms with Crippen LogP contribution in [0, 0.1) is 5.41 Å². The van der Waals surface area contributed by atoms with Gasteiger partial charge in [-0.2, -0.15) is 0 Å². The average Bonchev–Trinajstić information content (AvgIpc) is 2.29. The lowest BCUT2D eigenvalue weighted by Crippen LogP contribution is -2.41. The lowest BCUT2D eigenvalue weighted by molar-refractivity contribution is -0.131. The highest BCUT2D eigenvalue weighted by molar-refractivity contribution is 5.87. The summed E-state index contributed by atoms with van der Waals surface area (Å²) in [4.78, 5) is 22.9. The van der Waals surface area contributed by atoms with Crippen molar-refractivity contribution < 1.29 is 14.7 Å². The first-order chi connectivity index (χ1) is 8.38. The zero-order valence-corrected chi connectivity index (χ0v) is 11.7. The fourth-order valence-corrected chi connectivity index (χ4v) is 1.31. The van der Waals surface area contributed by atoms with E-state index in [2.05, 4.69) is 10.6 Å². The monoisotopic (exact) mass is 258 g/mol. The van der Waals surface area contributed by atoms with Crippen LogP contribution in [0.2, 0.25) is 0 Å². The molecule has 0 spiro atoms. The van der Waals surface area contributed by atoms with E-state index >= 15 is 0 Å². The van der Waals surface area contributed by atoms with Gasteiger partial charge in [0.05, 0.1) is 6.54 Å². The van der Waals surface area contributed by atoms with Crippen LogP contribution < -0.4 is 10.6 Å². The molecule has 0 heterocycles. The molecule has 0 aromatic rings. The van der Waals surface area contributed by atoms with Gasteiger partial charge in [-0.05, 0) is 12.8 Å².